The fourth-order valence-electron chi connectivity index (χ4n) is 3.47. The molecule has 3 amide bonds. The SMILES string of the molecule is CC(N)C(=O)NC(Cc1c[nH]c2ccccc12)C(=O)NC(C)C(=O)NC(CCCN=C(N)N)C(=O)O. The number of carboxylic acid groups (broad SMARTS) is 1. The Labute approximate surface area is 208 Å². The number of para-hydroxylation sites is 1. The number of H-pyrrole nitrogens is 1. The molecule has 4 unspecified atom stereocenters. The molecule has 196 valence electrons. The Morgan fingerprint density at radius 2 is 1.67 bits per heavy atom. The second-order valence-corrected chi connectivity index (χ2v) is 8.49. The lowest BCUT2D eigenvalue weighted by Crippen LogP contribution is -2.56. The van der Waals surface area contributed by atoms with Crippen molar-refractivity contribution in [3.8, 4) is 0 Å². The predicted octanol–water partition coefficient (Wildman–Crippen LogP) is -1.33. The summed E-state index contributed by atoms with van der Waals surface area (Å²) < 4.78 is 0. The molecule has 0 fully saturated rings. The Kier molecular flexibility index (Phi) is 10.2. The van der Waals surface area contributed by atoms with E-state index in [4.69, 9.17) is 17.2 Å². The number of carbonyl (C=O) groups excluding carboxylic acids is 3. The van der Waals surface area contributed by atoms with Gasteiger partial charge >= 0.3 is 5.97 Å². The number of hydrogen-bond donors (Lipinski definition) is 8. The van der Waals surface area contributed by atoms with Crippen LogP contribution < -0.4 is 33.2 Å². The first kappa shape index (κ1) is 28.1. The molecule has 13 nitrogen and oxygen atoms in total. The van der Waals surface area contributed by atoms with Crippen molar-refractivity contribution in [1.29, 1.82) is 0 Å². The lowest BCUT2D eigenvalue weighted by Gasteiger charge is -2.23. The maximum Gasteiger partial charge on any atom is 0.326 e. The first-order valence-corrected chi connectivity index (χ1v) is 11.5. The van der Waals surface area contributed by atoms with Gasteiger partial charge in [-0.25, -0.2) is 4.79 Å². The van der Waals surface area contributed by atoms with Crippen LogP contribution in [0.2, 0.25) is 0 Å². The summed E-state index contributed by atoms with van der Waals surface area (Å²) in [5.74, 6) is -3.18. The molecule has 4 atom stereocenters. The highest BCUT2D eigenvalue weighted by Crippen LogP contribution is 2.19. The molecule has 36 heavy (non-hydrogen) atoms. The maximum atomic E-state index is 13.1. The number of carbonyl (C=O) groups is 4. The van der Waals surface area contributed by atoms with Crippen LogP contribution in [0.15, 0.2) is 35.5 Å². The van der Waals surface area contributed by atoms with E-state index in [0.717, 1.165) is 16.5 Å². The Balaban J connectivity index is 2.07. The van der Waals surface area contributed by atoms with Gasteiger partial charge in [0.15, 0.2) is 5.96 Å². The Morgan fingerprint density at radius 1 is 1.00 bits per heavy atom. The zero-order valence-electron chi connectivity index (χ0n) is 20.3. The number of benzene rings is 1. The van der Waals surface area contributed by atoms with Crippen molar-refractivity contribution < 1.29 is 24.3 Å². The average molecular weight is 503 g/mol. The molecule has 0 radical (unpaired) electrons. The molecule has 2 aromatic rings. The van der Waals surface area contributed by atoms with Crippen LogP contribution in [-0.2, 0) is 25.6 Å². The van der Waals surface area contributed by atoms with Gasteiger partial charge in [-0.15, -0.1) is 0 Å². The van der Waals surface area contributed by atoms with Gasteiger partial charge in [0.05, 0.1) is 6.04 Å². The normalized spacial score (nSPS) is 14.2. The van der Waals surface area contributed by atoms with Crippen LogP contribution in [0.25, 0.3) is 10.9 Å². The van der Waals surface area contributed by atoms with Crippen LogP contribution in [0.5, 0.6) is 0 Å². The van der Waals surface area contributed by atoms with Crippen molar-refractivity contribution in [3.63, 3.8) is 0 Å². The smallest absolute Gasteiger partial charge is 0.326 e. The maximum absolute atomic E-state index is 13.1. The number of hydrogen-bond acceptors (Lipinski definition) is 6. The van der Waals surface area contributed by atoms with E-state index in [1.165, 1.54) is 13.8 Å². The minimum absolute atomic E-state index is 0.0894. The molecule has 0 spiro atoms. The van der Waals surface area contributed by atoms with E-state index in [0.29, 0.717) is 6.42 Å². The number of amides is 3. The van der Waals surface area contributed by atoms with Crippen molar-refractivity contribution in [2.24, 2.45) is 22.2 Å². The van der Waals surface area contributed by atoms with Crippen LogP contribution in [0.4, 0.5) is 0 Å². The van der Waals surface area contributed by atoms with Gasteiger partial charge < -0.3 is 43.2 Å². The van der Waals surface area contributed by atoms with E-state index in [9.17, 15) is 24.3 Å². The highest BCUT2D eigenvalue weighted by molar-refractivity contribution is 5.94. The molecule has 0 saturated carbocycles. The molecule has 0 bridgehead atoms. The van der Waals surface area contributed by atoms with Crippen molar-refractivity contribution in [3.05, 3.63) is 36.0 Å². The number of carboxylic acids is 1. The largest absolute Gasteiger partial charge is 0.480 e. The molecule has 0 aliphatic carbocycles. The summed E-state index contributed by atoms with van der Waals surface area (Å²) in [6.07, 6.45) is 2.31. The third-order valence-electron chi connectivity index (χ3n) is 5.46. The van der Waals surface area contributed by atoms with Crippen molar-refractivity contribution >= 4 is 40.6 Å². The number of aromatic amines is 1. The molecule has 2 rings (SSSR count). The first-order chi connectivity index (χ1) is 17.0. The molecule has 1 aromatic carbocycles. The number of nitrogens with zero attached hydrogens (tertiary/aromatic N) is 1. The van der Waals surface area contributed by atoms with Crippen LogP contribution in [0.1, 0.15) is 32.3 Å². The number of aliphatic imine (C=N–C) groups is 1. The molecule has 0 aliphatic rings. The topological polar surface area (TPSA) is 231 Å². The summed E-state index contributed by atoms with van der Waals surface area (Å²) >= 11 is 0. The standard InChI is InChI=1S/C23H34N8O5/c1-12(24)19(32)31-18(10-14-11-28-16-7-4-3-6-15(14)16)21(34)29-13(2)20(33)30-17(22(35)36)8-5-9-27-23(25)26/h3-4,6-7,11-13,17-18,28H,5,8-10,24H2,1-2H3,(H,29,34)(H,30,33)(H,31,32)(H,35,36)(H4,25,26,27). The van der Waals surface area contributed by atoms with Gasteiger partial charge in [0.1, 0.15) is 18.1 Å². The molecule has 0 saturated heterocycles. The second kappa shape index (κ2) is 13.1. The molecule has 0 aliphatic heterocycles. The van der Waals surface area contributed by atoms with E-state index in [2.05, 4.69) is 25.9 Å². The quantitative estimate of drug-likeness (QED) is 0.0926. The Morgan fingerprint density at radius 3 is 2.31 bits per heavy atom. The minimum Gasteiger partial charge on any atom is -0.480 e. The third kappa shape index (κ3) is 8.27. The second-order valence-electron chi connectivity index (χ2n) is 8.49. The van der Waals surface area contributed by atoms with Crippen LogP contribution >= 0.6 is 0 Å². The third-order valence-corrected chi connectivity index (χ3v) is 5.46. The zero-order chi connectivity index (χ0) is 26.8. The van der Waals surface area contributed by atoms with Gasteiger partial charge in [-0.3, -0.25) is 19.4 Å². The zero-order valence-corrected chi connectivity index (χ0v) is 20.3. The van der Waals surface area contributed by atoms with Gasteiger partial charge in [-0.1, -0.05) is 18.2 Å². The molecular weight excluding hydrogens is 468 g/mol. The number of fused-ring (bicyclic) bond motifs is 1. The number of aromatic nitrogens is 1. The van der Waals surface area contributed by atoms with E-state index in [1.807, 2.05) is 24.3 Å². The summed E-state index contributed by atoms with van der Waals surface area (Å²) in [4.78, 5) is 56.4. The minimum atomic E-state index is -1.23. The number of nitrogens with one attached hydrogen (secondary N) is 4. The molecule has 1 aromatic heterocycles. The monoisotopic (exact) mass is 502 g/mol. The van der Waals surface area contributed by atoms with Crippen LogP contribution in [-0.4, -0.2) is 70.5 Å². The molecule has 1 heterocycles. The van der Waals surface area contributed by atoms with E-state index >= 15 is 0 Å². The highest BCUT2D eigenvalue weighted by Gasteiger charge is 2.28. The summed E-state index contributed by atoms with van der Waals surface area (Å²) in [7, 11) is 0. The van der Waals surface area contributed by atoms with Crippen LogP contribution in [0, 0.1) is 0 Å². The van der Waals surface area contributed by atoms with Gasteiger partial charge in [-0.05, 0) is 38.3 Å². The average Bonchev–Trinajstić information content (AvgIpc) is 3.22. The number of rotatable bonds is 13. The number of aliphatic carboxylic acids is 1. The molecule has 11 N–H and O–H groups in total. The predicted molar refractivity (Wildman–Crippen MR) is 135 cm³/mol. The fraction of sp³-hybridized carbons (Fsp3) is 0.435. The van der Waals surface area contributed by atoms with Gasteiger partial charge in [-0.2, -0.15) is 0 Å². The summed E-state index contributed by atoms with van der Waals surface area (Å²) in [6, 6.07) is 3.37. The summed E-state index contributed by atoms with van der Waals surface area (Å²) in [5, 5.41) is 17.9. The van der Waals surface area contributed by atoms with E-state index in [-0.39, 0.29) is 25.3 Å². The van der Waals surface area contributed by atoms with Gasteiger partial charge in [0.2, 0.25) is 17.7 Å². The van der Waals surface area contributed by atoms with E-state index in [1.54, 1.807) is 6.20 Å². The fourth-order valence-corrected chi connectivity index (χ4v) is 3.47. The lowest BCUT2D eigenvalue weighted by atomic mass is 10.0. The highest BCUT2D eigenvalue weighted by atomic mass is 16.4. The molecular formula is C23H34N8O5. The lowest BCUT2D eigenvalue weighted by molar-refractivity contribution is -0.142. The Bertz CT molecular complexity index is 1110. The van der Waals surface area contributed by atoms with Crippen LogP contribution in [0.3, 0.4) is 0 Å². The van der Waals surface area contributed by atoms with Gasteiger partial charge in [0, 0.05) is 30.1 Å². The van der Waals surface area contributed by atoms with Crippen molar-refractivity contribution in [1.82, 2.24) is 20.9 Å². The van der Waals surface area contributed by atoms with E-state index < -0.39 is 47.9 Å². The van der Waals surface area contributed by atoms with Crippen molar-refractivity contribution in [2.75, 3.05) is 6.54 Å². The first-order valence-electron chi connectivity index (χ1n) is 11.5. The summed E-state index contributed by atoms with van der Waals surface area (Å²) in [5.41, 5.74) is 17.8. The van der Waals surface area contributed by atoms with Gasteiger partial charge in [0.25, 0.3) is 0 Å². The Hall–Kier alpha value is -4.13. The van der Waals surface area contributed by atoms with Crippen molar-refractivity contribution in [2.45, 2.75) is 57.3 Å². The number of nitrogens with two attached hydrogens (primary N) is 3. The summed E-state index contributed by atoms with van der Waals surface area (Å²) in [6.45, 7) is 3.12. The number of guanidine groups is 1. The molecule has 13 heteroatoms.